The molecule has 0 unspecified atom stereocenters. The van der Waals surface area contributed by atoms with Crippen LogP contribution in [0.25, 0.3) is 0 Å². The van der Waals surface area contributed by atoms with E-state index in [1.807, 2.05) is 0 Å². The van der Waals surface area contributed by atoms with E-state index in [4.69, 9.17) is 4.43 Å². The van der Waals surface area contributed by atoms with Crippen LogP contribution in [0.1, 0.15) is 85.5 Å². The topological polar surface area (TPSA) is 12.5 Å². The van der Waals surface area contributed by atoms with Crippen molar-refractivity contribution in [3.63, 3.8) is 0 Å². The summed E-state index contributed by atoms with van der Waals surface area (Å²) in [7, 11) is -1.52. The van der Waals surface area contributed by atoms with Crippen molar-refractivity contribution in [2.24, 2.45) is 0 Å². The molecule has 2 aliphatic rings. The van der Waals surface area contributed by atoms with Crippen molar-refractivity contribution in [2.75, 3.05) is 13.1 Å². The van der Waals surface area contributed by atoms with Crippen molar-refractivity contribution in [1.29, 1.82) is 0 Å². The van der Waals surface area contributed by atoms with Gasteiger partial charge in [-0.25, -0.2) is 0 Å². The van der Waals surface area contributed by atoms with E-state index in [0.717, 1.165) is 6.04 Å². The molecule has 0 bridgehead atoms. The molecule has 0 radical (unpaired) electrons. The lowest BCUT2D eigenvalue weighted by atomic mass is 9.88. The zero-order valence-corrected chi connectivity index (χ0v) is 18.5. The third-order valence-electron chi connectivity index (χ3n) is 6.82. The molecule has 146 valence electrons. The fraction of sp³-hybridized carbons (Fsp3) is 0.909. The maximum absolute atomic E-state index is 7.01. The quantitative estimate of drug-likeness (QED) is 0.248. The Morgan fingerprint density at radius 3 is 2.48 bits per heavy atom. The molecule has 2 fully saturated rings. The van der Waals surface area contributed by atoms with E-state index in [1.54, 1.807) is 5.57 Å². The molecule has 25 heavy (non-hydrogen) atoms. The van der Waals surface area contributed by atoms with E-state index in [2.05, 4.69) is 38.7 Å². The van der Waals surface area contributed by atoms with Crippen molar-refractivity contribution >= 4 is 8.32 Å². The second-order valence-electron chi connectivity index (χ2n) is 8.33. The van der Waals surface area contributed by atoms with Gasteiger partial charge in [0.25, 0.3) is 0 Å². The largest absolute Gasteiger partial charge is 0.410 e. The molecule has 2 atom stereocenters. The maximum atomic E-state index is 7.01. The van der Waals surface area contributed by atoms with Crippen molar-refractivity contribution < 1.29 is 4.43 Å². The highest BCUT2D eigenvalue weighted by atomic mass is 28.4. The highest BCUT2D eigenvalue weighted by Crippen LogP contribution is 2.35. The lowest BCUT2D eigenvalue weighted by Crippen LogP contribution is -2.51. The molecule has 2 rings (SSSR count). The number of fused-ring (bicyclic) bond motifs is 1. The summed E-state index contributed by atoms with van der Waals surface area (Å²) in [6, 6.07) is 4.60. The molecule has 0 spiro atoms. The number of piperidine rings is 2. The van der Waals surface area contributed by atoms with Crippen LogP contribution in [-0.2, 0) is 4.43 Å². The van der Waals surface area contributed by atoms with Crippen LogP contribution in [-0.4, -0.2) is 38.5 Å². The molecule has 2 nitrogen and oxygen atoms in total. The molecule has 2 aliphatic heterocycles. The average Bonchev–Trinajstić information content (AvgIpc) is 2.66. The summed E-state index contributed by atoms with van der Waals surface area (Å²) < 4.78 is 7.01. The van der Waals surface area contributed by atoms with E-state index in [1.165, 1.54) is 89.0 Å². The number of nitrogens with zero attached hydrogens (tertiary/aromatic N) is 1. The molecule has 0 saturated carbocycles. The second-order valence-corrected chi connectivity index (χ2v) is 13.1. The maximum Gasteiger partial charge on any atom is 0.192 e. The number of hydrogen-bond donors (Lipinski definition) is 0. The fourth-order valence-corrected chi connectivity index (χ4v) is 7.60. The van der Waals surface area contributed by atoms with Crippen LogP contribution in [0.2, 0.25) is 18.1 Å². The Morgan fingerprint density at radius 2 is 1.80 bits per heavy atom. The standard InChI is InChI=1S/C22H43NOSi/c1-5-9-10-11-12-15-20-19-23-17-14-13-16-21(23)18-22(20)24-25(6-2,7-3)8-4/h15,21-22H,5-14,16-19H2,1-4H3/b20-15+/t21-,22-/m0/s1. The first-order valence-corrected chi connectivity index (χ1v) is 13.8. The van der Waals surface area contributed by atoms with Gasteiger partial charge in [0.05, 0.1) is 6.10 Å². The van der Waals surface area contributed by atoms with Gasteiger partial charge < -0.3 is 4.43 Å². The molecule has 0 aromatic carbocycles. The van der Waals surface area contributed by atoms with E-state index in [9.17, 15) is 0 Å². The van der Waals surface area contributed by atoms with Crippen LogP contribution in [0, 0.1) is 0 Å². The molecule has 2 heterocycles. The minimum Gasteiger partial charge on any atom is -0.410 e. The Kier molecular flexibility index (Phi) is 9.22. The molecule has 0 aromatic rings. The van der Waals surface area contributed by atoms with Gasteiger partial charge in [0.1, 0.15) is 0 Å². The zero-order chi connectivity index (χ0) is 18.1. The summed E-state index contributed by atoms with van der Waals surface area (Å²) in [4.78, 5) is 2.76. The number of allylic oxidation sites excluding steroid dienone is 1. The van der Waals surface area contributed by atoms with Gasteiger partial charge in [0.2, 0.25) is 0 Å². The number of rotatable bonds is 10. The number of unbranched alkanes of at least 4 members (excludes halogenated alkanes) is 4. The van der Waals surface area contributed by atoms with Gasteiger partial charge in [-0.05, 0) is 62.4 Å². The fourth-order valence-electron chi connectivity index (χ4n) is 4.75. The van der Waals surface area contributed by atoms with Gasteiger partial charge in [-0.3, -0.25) is 4.90 Å². The molecule has 0 aromatic heterocycles. The summed E-state index contributed by atoms with van der Waals surface area (Å²) in [5.74, 6) is 0. The Balaban J connectivity index is 2.05. The van der Waals surface area contributed by atoms with Gasteiger partial charge in [0, 0.05) is 12.6 Å². The third-order valence-corrected chi connectivity index (χ3v) is 11.5. The summed E-state index contributed by atoms with van der Waals surface area (Å²) in [6.07, 6.45) is 15.2. The van der Waals surface area contributed by atoms with Gasteiger partial charge in [-0.2, -0.15) is 0 Å². The van der Waals surface area contributed by atoms with Gasteiger partial charge in [0.15, 0.2) is 8.32 Å². The van der Waals surface area contributed by atoms with Crippen molar-refractivity contribution in [3.8, 4) is 0 Å². The van der Waals surface area contributed by atoms with Gasteiger partial charge >= 0.3 is 0 Å². The molecular formula is C22H43NOSi. The Labute approximate surface area is 158 Å². The minimum absolute atomic E-state index is 0.428. The summed E-state index contributed by atoms with van der Waals surface area (Å²) in [6.45, 7) is 11.9. The van der Waals surface area contributed by atoms with Crippen LogP contribution in [0.4, 0.5) is 0 Å². The van der Waals surface area contributed by atoms with E-state index in [-0.39, 0.29) is 0 Å². The number of hydrogen-bond acceptors (Lipinski definition) is 2. The van der Waals surface area contributed by atoms with E-state index in [0.29, 0.717) is 6.10 Å². The predicted octanol–water partition coefficient (Wildman–Crippen LogP) is 6.53. The normalized spacial score (nSPS) is 26.8. The van der Waals surface area contributed by atoms with Gasteiger partial charge in [-0.1, -0.05) is 59.5 Å². The summed E-state index contributed by atoms with van der Waals surface area (Å²) >= 11 is 0. The lowest BCUT2D eigenvalue weighted by Gasteiger charge is -2.46. The highest BCUT2D eigenvalue weighted by molar-refractivity contribution is 6.73. The Hall–Kier alpha value is -0.123. The van der Waals surface area contributed by atoms with E-state index < -0.39 is 8.32 Å². The predicted molar refractivity (Wildman–Crippen MR) is 113 cm³/mol. The first kappa shape index (κ1) is 21.2. The Morgan fingerprint density at radius 1 is 1.04 bits per heavy atom. The minimum atomic E-state index is -1.52. The third kappa shape index (κ3) is 5.94. The second kappa shape index (κ2) is 10.9. The van der Waals surface area contributed by atoms with Crippen LogP contribution >= 0.6 is 0 Å². The Bertz CT molecular complexity index is 397. The summed E-state index contributed by atoms with van der Waals surface area (Å²) in [5, 5.41) is 0. The van der Waals surface area contributed by atoms with Crippen LogP contribution in [0.3, 0.4) is 0 Å². The smallest absolute Gasteiger partial charge is 0.192 e. The van der Waals surface area contributed by atoms with Crippen LogP contribution < -0.4 is 0 Å². The SMILES string of the molecule is CCCCCC/C=C1\CN2CCCC[C@H]2C[C@@H]1O[Si](CC)(CC)CC. The average molecular weight is 366 g/mol. The molecule has 0 N–H and O–H groups in total. The first-order chi connectivity index (χ1) is 12.2. The van der Waals surface area contributed by atoms with E-state index >= 15 is 0 Å². The van der Waals surface area contributed by atoms with Crippen molar-refractivity contribution in [2.45, 2.75) is 116 Å². The van der Waals surface area contributed by atoms with Gasteiger partial charge in [-0.15, -0.1) is 0 Å². The molecule has 3 heteroatoms. The van der Waals surface area contributed by atoms with Crippen LogP contribution in [0.5, 0.6) is 0 Å². The summed E-state index contributed by atoms with van der Waals surface area (Å²) in [5.41, 5.74) is 1.63. The molecular weight excluding hydrogens is 322 g/mol. The van der Waals surface area contributed by atoms with Crippen LogP contribution in [0.15, 0.2) is 11.6 Å². The van der Waals surface area contributed by atoms with Crippen molar-refractivity contribution in [1.82, 2.24) is 4.90 Å². The molecule has 0 amide bonds. The highest BCUT2D eigenvalue weighted by Gasteiger charge is 2.38. The lowest BCUT2D eigenvalue weighted by molar-refractivity contribution is 0.0674. The first-order valence-electron chi connectivity index (χ1n) is 11.3. The molecule has 0 aliphatic carbocycles. The monoisotopic (exact) mass is 365 g/mol. The van der Waals surface area contributed by atoms with Crippen molar-refractivity contribution in [3.05, 3.63) is 11.6 Å². The molecule has 2 saturated heterocycles. The zero-order valence-electron chi connectivity index (χ0n) is 17.5.